The summed E-state index contributed by atoms with van der Waals surface area (Å²) in [4.78, 5) is 47.5. The number of aromatic nitrogens is 4. The molecule has 0 saturated carbocycles. The van der Waals surface area contributed by atoms with Gasteiger partial charge in [0.25, 0.3) is 5.56 Å². The van der Waals surface area contributed by atoms with E-state index in [0.29, 0.717) is 22.9 Å². The normalized spacial score (nSPS) is 10.7. The summed E-state index contributed by atoms with van der Waals surface area (Å²) in [5.74, 6) is 0.552. The third-order valence-electron chi connectivity index (χ3n) is 5.28. The standard InChI is InChI=1S/C24H23N5O6/c1-33-17-11-16(12-18(34-2)21(17)35-3)27-19(30)14-28-22-20(25-9-10-26-22)23(31)29(24(28)32)13-15-7-5-4-6-8-15/h4-12H,13-14H2,1-3H3,(H,27,30). The molecule has 0 spiro atoms. The topological polar surface area (TPSA) is 127 Å². The van der Waals surface area contributed by atoms with Crippen LogP contribution in [0, 0.1) is 0 Å². The molecule has 2 aromatic carbocycles. The van der Waals surface area contributed by atoms with Crippen LogP contribution in [0.1, 0.15) is 5.56 Å². The highest BCUT2D eigenvalue weighted by Crippen LogP contribution is 2.39. The molecule has 1 N–H and O–H groups in total. The molecule has 4 aromatic rings. The van der Waals surface area contributed by atoms with Crippen molar-refractivity contribution in [3.8, 4) is 17.2 Å². The number of amides is 1. The molecule has 2 heterocycles. The highest BCUT2D eigenvalue weighted by Gasteiger charge is 2.19. The lowest BCUT2D eigenvalue weighted by Gasteiger charge is -2.15. The Morgan fingerprint density at radius 3 is 2.20 bits per heavy atom. The van der Waals surface area contributed by atoms with Crippen LogP contribution >= 0.6 is 0 Å². The zero-order chi connectivity index (χ0) is 24.9. The maximum atomic E-state index is 13.3. The Morgan fingerprint density at radius 2 is 1.57 bits per heavy atom. The van der Waals surface area contributed by atoms with Gasteiger partial charge in [0.15, 0.2) is 22.7 Å². The van der Waals surface area contributed by atoms with E-state index in [1.165, 1.54) is 33.7 Å². The summed E-state index contributed by atoms with van der Waals surface area (Å²) in [5.41, 5.74) is -0.125. The minimum Gasteiger partial charge on any atom is -0.493 e. The molecule has 0 aliphatic carbocycles. The zero-order valence-corrected chi connectivity index (χ0v) is 19.3. The van der Waals surface area contributed by atoms with E-state index in [1.54, 1.807) is 24.3 Å². The van der Waals surface area contributed by atoms with Crippen LogP contribution < -0.4 is 30.8 Å². The number of benzene rings is 2. The molecule has 11 nitrogen and oxygen atoms in total. The maximum absolute atomic E-state index is 13.3. The van der Waals surface area contributed by atoms with Crippen LogP contribution in [0.4, 0.5) is 5.69 Å². The number of nitrogens with zero attached hydrogens (tertiary/aromatic N) is 4. The number of ether oxygens (including phenoxy) is 3. The van der Waals surface area contributed by atoms with Crippen molar-refractivity contribution >= 4 is 22.8 Å². The second-order valence-electron chi connectivity index (χ2n) is 7.44. The summed E-state index contributed by atoms with van der Waals surface area (Å²) in [5, 5.41) is 2.72. The molecule has 0 unspecified atom stereocenters. The average molecular weight is 477 g/mol. The third-order valence-corrected chi connectivity index (χ3v) is 5.28. The molecule has 0 radical (unpaired) electrons. The maximum Gasteiger partial charge on any atom is 0.333 e. The largest absolute Gasteiger partial charge is 0.493 e. The molecule has 180 valence electrons. The number of fused-ring (bicyclic) bond motifs is 1. The van der Waals surface area contributed by atoms with E-state index in [4.69, 9.17) is 14.2 Å². The van der Waals surface area contributed by atoms with Crippen LogP contribution in [-0.2, 0) is 17.9 Å². The van der Waals surface area contributed by atoms with E-state index >= 15 is 0 Å². The Hall–Kier alpha value is -4.67. The zero-order valence-electron chi connectivity index (χ0n) is 19.3. The summed E-state index contributed by atoms with van der Waals surface area (Å²) in [6.45, 7) is -0.376. The number of nitrogens with one attached hydrogen (secondary N) is 1. The first-order chi connectivity index (χ1) is 17.0. The second-order valence-corrected chi connectivity index (χ2v) is 7.44. The predicted octanol–water partition coefficient (Wildman–Crippen LogP) is 1.67. The fraction of sp³-hybridized carbons (Fsp3) is 0.208. The quantitative estimate of drug-likeness (QED) is 0.406. The van der Waals surface area contributed by atoms with Gasteiger partial charge < -0.3 is 19.5 Å². The Bertz CT molecular complexity index is 1470. The van der Waals surface area contributed by atoms with Crippen molar-refractivity contribution in [3.63, 3.8) is 0 Å². The van der Waals surface area contributed by atoms with Crippen molar-refractivity contribution in [1.82, 2.24) is 19.1 Å². The fourth-order valence-corrected chi connectivity index (χ4v) is 3.68. The molecule has 11 heteroatoms. The number of anilines is 1. The summed E-state index contributed by atoms with van der Waals surface area (Å²) in [7, 11) is 4.40. The van der Waals surface area contributed by atoms with Crippen LogP contribution in [0.3, 0.4) is 0 Å². The van der Waals surface area contributed by atoms with Gasteiger partial charge in [-0.3, -0.25) is 18.7 Å². The van der Waals surface area contributed by atoms with Gasteiger partial charge in [-0.2, -0.15) is 0 Å². The summed E-state index contributed by atoms with van der Waals surface area (Å²) in [6.07, 6.45) is 2.72. The number of carbonyl (C=O) groups is 1. The van der Waals surface area contributed by atoms with Gasteiger partial charge in [0.2, 0.25) is 11.7 Å². The molecular formula is C24H23N5O6. The molecule has 0 aliphatic heterocycles. The average Bonchev–Trinajstić information content (AvgIpc) is 2.89. The first-order valence-corrected chi connectivity index (χ1v) is 10.5. The SMILES string of the molecule is COc1cc(NC(=O)Cn2c(=O)n(Cc3ccccc3)c(=O)c3nccnc32)cc(OC)c1OC. The molecule has 35 heavy (non-hydrogen) atoms. The van der Waals surface area contributed by atoms with Gasteiger partial charge in [0.1, 0.15) is 6.54 Å². The van der Waals surface area contributed by atoms with Gasteiger partial charge in [0, 0.05) is 30.2 Å². The van der Waals surface area contributed by atoms with Crippen molar-refractivity contribution in [3.05, 3.63) is 81.3 Å². The van der Waals surface area contributed by atoms with E-state index in [1.807, 2.05) is 18.2 Å². The first kappa shape index (κ1) is 23.5. The van der Waals surface area contributed by atoms with Crippen LogP contribution in [0.5, 0.6) is 17.2 Å². The lowest BCUT2D eigenvalue weighted by molar-refractivity contribution is -0.116. The van der Waals surface area contributed by atoms with E-state index in [2.05, 4.69) is 15.3 Å². The molecule has 1 amide bonds. The molecule has 0 atom stereocenters. The van der Waals surface area contributed by atoms with Crippen LogP contribution in [0.2, 0.25) is 0 Å². The van der Waals surface area contributed by atoms with Crippen LogP contribution in [0.25, 0.3) is 11.2 Å². The summed E-state index contributed by atoms with van der Waals surface area (Å²) < 4.78 is 18.1. The molecule has 0 saturated heterocycles. The van der Waals surface area contributed by atoms with Gasteiger partial charge in [-0.15, -0.1) is 0 Å². The van der Waals surface area contributed by atoms with Crippen molar-refractivity contribution in [2.24, 2.45) is 0 Å². The Kier molecular flexibility index (Phi) is 6.76. The Labute approximate surface area is 199 Å². The van der Waals surface area contributed by atoms with Gasteiger partial charge in [-0.05, 0) is 5.56 Å². The molecular weight excluding hydrogens is 454 g/mol. The minimum absolute atomic E-state index is 0.0105. The lowest BCUT2D eigenvalue weighted by Crippen LogP contribution is -2.42. The second kappa shape index (κ2) is 10.1. The summed E-state index contributed by atoms with van der Waals surface area (Å²) in [6, 6.07) is 12.2. The Morgan fingerprint density at radius 1 is 0.914 bits per heavy atom. The minimum atomic E-state index is -0.674. The number of hydrogen-bond donors (Lipinski definition) is 1. The van der Waals surface area contributed by atoms with Crippen molar-refractivity contribution in [1.29, 1.82) is 0 Å². The van der Waals surface area contributed by atoms with E-state index in [9.17, 15) is 14.4 Å². The number of carbonyl (C=O) groups excluding carboxylic acids is 1. The van der Waals surface area contributed by atoms with Gasteiger partial charge in [-0.1, -0.05) is 30.3 Å². The van der Waals surface area contributed by atoms with Crippen LogP contribution in [-0.4, -0.2) is 46.3 Å². The van der Waals surface area contributed by atoms with Crippen molar-refractivity contribution < 1.29 is 19.0 Å². The van der Waals surface area contributed by atoms with Gasteiger partial charge in [0.05, 0.1) is 27.9 Å². The molecule has 0 aliphatic rings. The predicted molar refractivity (Wildman–Crippen MR) is 128 cm³/mol. The van der Waals surface area contributed by atoms with Crippen LogP contribution in [0.15, 0.2) is 64.4 Å². The number of methoxy groups -OCH3 is 3. The highest BCUT2D eigenvalue weighted by atomic mass is 16.5. The van der Waals surface area contributed by atoms with Crippen molar-refractivity contribution in [2.75, 3.05) is 26.6 Å². The molecule has 0 fully saturated rings. The molecule has 0 bridgehead atoms. The molecule has 4 rings (SSSR count). The fourth-order valence-electron chi connectivity index (χ4n) is 3.68. The van der Waals surface area contributed by atoms with E-state index in [0.717, 1.165) is 14.7 Å². The number of rotatable bonds is 8. The highest BCUT2D eigenvalue weighted by molar-refractivity contribution is 5.92. The van der Waals surface area contributed by atoms with Gasteiger partial charge >= 0.3 is 5.69 Å². The first-order valence-electron chi connectivity index (χ1n) is 10.5. The monoisotopic (exact) mass is 477 g/mol. The number of hydrogen-bond acceptors (Lipinski definition) is 8. The van der Waals surface area contributed by atoms with Gasteiger partial charge in [-0.25, -0.2) is 14.8 Å². The Balaban J connectivity index is 1.72. The van der Waals surface area contributed by atoms with E-state index < -0.39 is 23.7 Å². The lowest BCUT2D eigenvalue weighted by atomic mass is 10.2. The smallest absolute Gasteiger partial charge is 0.333 e. The molecule has 2 aromatic heterocycles. The van der Waals surface area contributed by atoms with Crippen molar-refractivity contribution in [2.45, 2.75) is 13.1 Å². The van der Waals surface area contributed by atoms with E-state index in [-0.39, 0.29) is 17.7 Å². The summed E-state index contributed by atoms with van der Waals surface area (Å²) >= 11 is 0. The third kappa shape index (κ3) is 4.69.